The molecule has 1 atom stereocenters. The van der Waals surface area contributed by atoms with Crippen LogP contribution in [0.2, 0.25) is 5.02 Å². The van der Waals surface area contributed by atoms with E-state index in [0.717, 1.165) is 41.1 Å². The van der Waals surface area contributed by atoms with Crippen LogP contribution in [0.4, 0.5) is 0 Å². The minimum Gasteiger partial charge on any atom is -0.384 e. The Balaban J connectivity index is 1.31. The molecule has 1 saturated heterocycles. The van der Waals surface area contributed by atoms with Crippen molar-refractivity contribution in [2.75, 3.05) is 13.1 Å². The van der Waals surface area contributed by atoms with Gasteiger partial charge in [-0.25, -0.2) is 4.98 Å². The molecule has 0 radical (unpaired) electrons. The van der Waals surface area contributed by atoms with Crippen molar-refractivity contribution in [1.82, 2.24) is 25.1 Å². The van der Waals surface area contributed by atoms with E-state index in [4.69, 9.17) is 11.6 Å². The first-order valence-electron chi connectivity index (χ1n) is 13.0. The number of aryl methyl sites for hydroxylation is 2. The number of likely N-dealkylation sites (tertiary alicyclic amines) is 1. The summed E-state index contributed by atoms with van der Waals surface area (Å²) in [4.78, 5) is 11.8. The Kier molecular flexibility index (Phi) is 6.06. The van der Waals surface area contributed by atoms with Gasteiger partial charge in [0, 0.05) is 34.9 Å². The number of hydrogen-bond donors (Lipinski definition) is 2. The summed E-state index contributed by atoms with van der Waals surface area (Å²) in [7, 11) is 0. The highest BCUT2D eigenvalue weighted by Gasteiger charge is 2.25. The van der Waals surface area contributed by atoms with Crippen LogP contribution in [0.3, 0.4) is 0 Å². The number of halogens is 1. The summed E-state index contributed by atoms with van der Waals surface area (Å²) in [5, 5.41) is 19.2. The normalized spacial score (nSPS) is 18.9. The highest BCUT2D eigenvalue weighted by Crippen LogP contribution is 2.34. The number of nitrogens with one attached hydrogen (secondary N) is 1. The molecule has 1 aliphatic carbocycles. The minimum atomic E-state index is -1.11. The molecule has 1 unspecified atom stereocenters. The number of hydrogen-bond acceptors (Lipinski definition) is 5. The molecule has 3 aromatic heterocycles. The predicted octanol–water partition coefficient (Wildman–Crippen LogP) is 5.91. The molecule has 2 N–H and O–H groups in total. The molecule has 0 saturated carbocycles. The van der Waals surface area contributed by atoms with Crippen molar-refractivity contribution < 1.29 is 5.11 Å². The van der Waals surface area contributed by atoms with Crippen LogP contribution in [0, 0.1) is 0 Å². The number of rotatable bonds is 4. The van der Waals surface area contributed by atoms with Gasteiger partial charge in [-0.05, 0) is 94.3 Å². The van der Waals surface area contributed by atoms with Crippen LogP contribution in [-0.2, 0) is 18.4 Å². The van der Waals surface area contributed by atoms with Crippen molar-refractivity contribution in [1.29, 1.82) is 0 Å². The van der Waals surface area contributed by atoms with E-state index in [-0.39, 0.29) is 0 Å². The number of aromatic nitrogens is 4. The summed E-state index contributed by atoms with van der Waals surface area (Å²) >= 11 is 6.47. The number of aliphatic hydroxyl groups is 1. The number of nitrogens with zero attached hydrogens (tertiary/aromatic N) is 4. The molecule has 4 aromatic rings. The topological polar surface area (TPSA) is 77.9 Å². The standard InChI is InChI=1S/C29H32ClN5O/c1-29(2,36)27-25(30)15-22(17-31-27)26-24-14-21(16-32-28(24)34-33-26)20-6-5-18-7-9-23(10-8-19(18)13-20)35-11-3-4-12-35/h5-6,13-17,23,36H,3-4,7-12H2,1-2H3,(H,32,33,34). The highest BCUT2D eigenvalue weighted by molar-refractivity contribution is 6.31. The molecular weight excluding hydrogens is 470 g/mol. The third-order valence-electron chi connectivity index (χ3n) is 7.81. The average Bonchev–Trinajstić information content (AvgIpc) is 3.49. The van der Waals surface area contributed by atoms with E-state index in [1.54, 1.807) is 20.0 Å². The van der Waals surface area contributed by atoms with Gasteiger partial charge in [-0.1, -0.05) is 29.8 Å². The first-order chi connectivity index (χ1) is 17.4. The number of aromatic amines is 1. The van der Waals surface area contributed by atoms with Gasteiger partial charge in [-0.2, -0.15) is 5.10 Å². The summed E-state index contributed by atoms with van der Waals surface area (Å²) in [6.45, 7) is 5.89. The lowest BCUT2D eigenvalue weighted by Gasteiger charge is -2.25. The first-order valence-corrected chi connectivity index (χ1v) is 13.3. The van der Waals surface area contributed by atoms with Crippen LogP contribution in [0.5, 0.6) is 0 Å². The quantitative estimate of drug-likeness (QED) is 0.340. The van der Waals surface area contributed by atoms with Crippen molar-refractivity contribution in [2.24, 2.45) is 0 Å². The maximum atomic E-state index is 10.3. The molecule has 36 heavy (non-hydrogen) atoms. The molecule has 1 aromatic carbocycles. The summed E-state index contributed by atoms with van der Waals surface area (Å²) < 4.78 is 0. The summed E-state index contributed by atoms with van der Waals surface area (Å²) in [5.41, 5.74) is 6.84. The van der Waals surface area contributed by atoms with Gasteiger partial charge < -0.3 is 10.0 Å². The average molecular weight is 502 g/mol. The van der Waals surface area contributed by atoms with Gasteiger partial charge >= 0.3 is 0 Å². The van der Waals surface area contributed by atoms with Crippen molar-refractivity contribution in [2.45, 2.75) is 64.0 Å². The summed E-state index contributed by atoms with van der Waals surface area (Å²) in [6.07, 6.45) is 11.1. The summed E-state index contributed by atoms with van der Waals surface area (Å²) in [5.74, 6) is 0. The number of H-pyrrole nitrogens is 1. The SMILES string of the molecule is CC(C)(O)c1ncc(-c2[nH]nc3ncc(-c4ccc5c(c4)CCC(N4CCCC4)CC5)cc23)cc1Cl. The fourth-order valence-electron chi connectivity index (χ4n) is 5.84. The van der Waals surface area contributed by atoms with Crippen LogP contribution in [0.1, 0.15) is 56.4 Å². The molecule has 6 nitrogen and oxygen atoms in total. The predicted molar refractivity (Wildman–Crippen MR) is 144 cm³/mol. The van der Waals surface area contributed by atoms with Gasteiger partial charge in [0.2, 0.25) is 0 Å². The van der Waals surface area contributed by atoms with Crippen molar-refractivity contribution in [3.05, 3.63) is 64.6 Å². The Morgan fingerprint density at radius 2 is 1.69 bits per heavy atom. The monoisotopic (exact) mass is 501 g/mol. The smallest absolute Gasteiger partial charge is 0.181 e. The van der Waals surface area contributed by atoms with Crippen molar-refractivity contribution >= 4 is 22.6 Å². The van der Waals surface area contributed by atoms with Gasteiger partial charge in [0.1, 0.15) is 5.60 Å². The summed E-state index contributed by atoms with van der Waals surface area (Å²) in [6, 6.07) is 11.6. The Bertz CT molecular complexity index is 1420. The van der Waals surface area contributed by atoms with Crippen LogP contribution < -0.4 is 0 Å². The second-order valence-electron chi connectivity index (χ2n) is 10.8. The second-order valence-corrected chi connectivity index (χ2v) is 11.2. The lowest BCUT2D eigenvalue weighted by Crippen LogP contribution is -2.32. The van der Waals surface area contributed by atoms with Crippen LogP contribution in [0.25, 0.3) is 33.4 Å². The van der Waals surface area contributed by atoms with Crippen LogP contribution in [-0.4, -0.2) is 49.3 Å². The molecule has 4 heterocycles. The molecule has 0 amide bonds. The van der Waals surface area contributed by atoms with Gasteiger partial charge in [0.25, 0.3) is 0 Å². The van der Waals surface area contributed by atoms with Gasteiger partial charge in [-0.3, -0.25) is 10.1 Å². The molecular formula is C29H32ClN5O. The number of fused-ring (bicyclic) bond motifs is 2. The molecule has 0 bridgehead atoms. The zero-order valence-corrected chi connectivity index (χ0v) is 21.6. The van der Waals surface area contributed by atoms with Crippen molar-refractivity contribution in [3.8, 4) is 22.4 Å². The maximum absolute atomic E-state index is 10.3. The fourth-order valence-corrected chi connectivity index (χ4v) is 6.24. The van der Waals surface area contributed by atoms with E-state index in [0.29, 0.717) is 16.4 Å². The molecule has 6 rings (SSSR count). The Morgan fingerprint density at radius 3 is 2.44 bits per heavy atom. The highest BCUT2D eigenvalue weighted by atomic mass is 35.5. The molecule has 186 valence electrons. The molecule has 0 spiro atoms. The van der Waals surface area contributed by atoms with Gasteiger partial charge in [-0.15, -0.1) is 0 Å². The van der Waals surface area contributed by atoms with Crippen LogP contribution in [0.15, 0.2) is 42.7 Å². The Labute approximate surface area is 216 Å². The molecule has 7 heteroatoms. The third-order valence-corrected chi connectivity index (χ3v) is 8.10. The Hall–Kier alpha value is -2.80. The van der Waals surface area contributed by atoms with E-state index < -0.39 is 5.60 Å². The zero-order chi connectivity index (χ0) is 24.9. The lowest BCUT2D eigenvalue weighted by molar-refractivity contribution is 0.0740. The second kappa shape index (κ2) is 9.25. The Morgan fingerprint density at radius 1 is 0.944 bits per heavy atom. The molecule has 1 fully saturated rings. The van der Waals surface area contributed by atoms with Crippen molar-refractivity contribution in [3.63, 3.8) is 0 Å². The maximum Gasteiger partial charge on any atom is 0.181 e. The molecule has 2 aliphatic rings. The molecule has 1 aliphatic heterocycles. The third kappa shape index (κ3) is 4.42. The fraction of sp³-hybridized carbons (Fsp3) is 0.414. The van der Waals surface area contributed by atoms with E-state index >= 15 is 0 Å². The van der Waals surface area contributed by atoms with Gasteiger partial charge in [0.05, 0.1) is 16.4 Å². The van der Waals surface area contributed by atoms with Crippen LogP contribution >= 0.6 is 11.6 Å². The van der Waals surface area contributed by atoms with Gasteiger partial charge in [0.15, 0.2) is 5.65 Å². The van der Waals surface area contributed by atoms with E-state index in [9.17, 15) is 5.11 Å². The van der Waals surface area contributed by atoms with E-state index in [2.05, 4.69) is 49.3 Å². The van der Waals surface area contributed by atoms with E-state index in [1.165, 1.54) is 55.5 Å². The first kappa shape index (κ1) is 23.6. The number of pyridine rings is 2. The lowest BCUT2D eigenvalue weighted by atomic mass is 9.96. The zero-order valence-electron chi connectivity index (χ0n) is 20.9. The van der Waals surface area contributed by atoms with E-state index in [1.807, 2.05) is 12.3 Å². The number of benzene rings is 1. The largest absolute Gasteiger partial charge is 0.384 e. The minimum absolute atomic E-state index is 0.421.